The van der Waals surface area contributed by atoms with E-state index in [0.29, 0.717) is 22.6 Å². The summed E-state index contributed by atoms with van der Waals surface area (Å²) in [6.45, 7) is 0. The number of hydrogen-bond donors (Lipinski definition) is 2. The first kappa shape index (κ1) is 24.3. The van der Waals surface area contributed by atoms with E-state index in [1.165, 1.54) is 0 Å². The van der Waals surface area contributed by atoms with Crippen molar-refractivity contribution in [2.45, 2.75) is 0 Å². The number of imidazole rings is 1. The van der Waals surface area contributed by atoms with Crippen LogP contribution in [-0.4, -0.2) is 32.0 Å². The average Bonchev–Trinajstić information content (AvgIpc) is 3.28. The molecule has 7 nitrogen and oxygen atoms in total. The van der Waals surface area contributed by atoms with E-state index in [1.807, 2.05) is 54.6 Å². The summed E-state index contributed by atoms with van der Waals surface area (Å²) >= 11 is 5.99. The van der Waals surface area contributed by atoms with E-state index in [9.17, 15) is 0 Å². The van der Waals surface area contributed by atoms with Crippen LogP contribution in [0.15, 0.2) is 73.2 Å². The molecule has 5 rings (SSSR count). The number of aromatic nitrogens is 5. The molecule has 5 aromatic rings. The van der Waals surface area contributed by atoms with Crippen molar-refractivity contribution in [3.63, 3.8) is 0 Å². The second-order valence-electron chi connectivity index (χ2n) is 6.80. The number of H-pyrrole nitrogens is 1. The first-order valence-electron chi connectivity index (χ1n) is 9.54. The highest BCUT2D eigenvalue weighted by Crippen LogP contribution is 2.30. The van der Waals surface area contributed by atoms with Crippen molar-refractivity contribution < 1.29 is 4.74 Å². The smallest absolute Gasteiger partial charge is 0.206 e. The van der Waals surface area contributed by atoms with Crippen LogP contribution < -0.4 is 10.1 Å². The van der Waals surface area contributed by atoms with Crippen molar-refractivity contribution in [2.75, 3.05) is 12.4 Å². The molecule has 0 aliphatic carbocycles. The third kappa shape index (κ3) is 5.17. The number of benzene rings is 2. The molecule has 0 amide bonds. The van der Waals surface area contributed by atoms with Crippen LogP contribution >= 0.6 is 36.4 Å². The summed E-state index contributed by atoms with van der Waals surface area (Å²) in [4.78, 5) is 21.4. The van der Waals surface area contributed by atoms with Gasteiger partial charge in [0.2, 0.25) is 5.95 Å². The van der Waals surface area contributed by atoms with Crippen molar-refractivity contribution in [3.8, 4) is 28.4 Å². The van der Waals surface area contributed by atoms with Crippen molar-refractivity contribution in [1.82, 2.24) is 24.9 Å². The minimum Gasteiger partial charge on any atom is -0.497 e. The number of halogens is 3. The van der Waals surface area contributed by atoms with E-state index in [-0.39, 0.29) is 24.8 Å². The van der Waals surface area contributed by atoms with Gasteiger partial charge in [0, 0.05) is 28.4 Å². The summed E-state index contributed by atoms with van der Waals surface area (Å²) in [5, 5.41) is 4.79. The quantitative estimate of drug-likeness (QED) is 0.292. The lowest BCUT2D eigenvalue weighted by atomic mass is 10.2. The van der Waals surface area contributed by atoms with Gasteiger partial charge in [-0.05, 0) is 48.0 Å². The molecule has 3 aromatic heterocycles. The third-order valence-electron chi connectivity index (χ3n) is 4.79. The van der Waals surface area contributed by atoms with Gasteiger partial charge >= 0.3 is 0 Å². The molecule has 2 N–H and O–H groups in total. The summed E-state index contributed by atoms with van der Waals surface area (Å²) in [5.74, 6) is 2.46. The normalized spacial score (nSPS) is 10.2. The first-order chi connectivity index (χ1) is 15.2. The zero-order chi connectivity index (χ0) is 21.2. The Bertz CT molecular complexity index is 1360. The number of hydrogen-bond acceptors (Lipinski definition) is 6. The number of methoxy groups -OCH3 is 1. The van der Waals surface area contributed by atoms with Crippen LogP contribution in [0.4, 0.5) is 11.8 Å². The molecule has 0 aliphatic rings. The van der Waals surface area contributed by atoms with Crippen molar-refractivity contribution in [3.05, 3.63) is 78.2 Å². The Balaban J connectivity index is 0.00000153. The molecule has 0 radical (unpaired) electrons. The Morgan fingerprint density at radius 3 is 2.48 bits per heavy atom. The van der Waals surface area contributed by atoms with Crippen LogP contribution in [0.5, 0.6) is 5.75 Å². The summed E-state index contributed by atoms with van der Waals surface area (Å²) in [6.07, 6.45) is 5.22. The number of fused-ring (bicyclic) bond motifs is 1. The van der Waals surface area contributed by atoms with Gasteiger partial charge in [-0.15, -0.1) is 24.8 Å². The van der Waals surface area contributed by atoms with E-state index >= 15 is 0 Å². The maximum atomic E-state index is 5.99. The standard InChI is InChI=1S/C23H17ClN6O.2ClH/c1-31-17-8-9-19-18(11-17)22(29-21(27-19)15-3-2-10-25-12-15)30-23-26-13-20(28-23)14-4-6-16(24)7-5-14;;/h2-13H,1H3,(H2,26,27,28,29,30);2*1H. The Kier molecular flexibility index (Phi) is 7.71. The van der Waals surface area contributed by atoms with Gasteiger partial charge in [-0.3, -0.25) is 4.98 Å². The Morgan fingerprint density at radius 1 is 0.939 bits per heavy atom. The molecular formula is C23H19Cl3N6O. The SMILES string of the molecule is COc1ccc2nc(-c3cccnc3)nc(Nc3ncc(-c4ccc(Cl)cc4)[nH]3)c2c1.Cl.Cl. The largest absolute Gasteiger partial charge is 0.497 e. The van der Waals surface area contributed by atoms with Gasteiger partial charge in [0.15, 0.2) is 5.82 Å². The van der Waals surface area contributed by atoms with Gasteiger partial charge < -0.3 is 15.0 Å². The monoisotopic (exact) mass is 500 g/mol. The van der Waals surface area contributed by atoms with Crippen molar-refractivity contribution in [2.24, 2.45) is 0 Å². The van der Waals surface area contributed by atoms with E-state index in [0.717, 1.165) is 33.5 Å². The molecule has 0 spiro atoms. The summed E-state index contributed by atoms with van der Waals surface area (Å²) in [7, 11) is 1.63. The molecule has 0 fully saturated rings. The number of nitrogens with zero attached hydrogens (tertiary/aromatic N) is 4. The Labute approximate surface area is 207 Å². The molecule has 0 unspecified atom stereocenters. The van der Waals surface area contributed by atoms with Gasteiger partial charge in [0.1, 0.15) is 11.6 Å². The first-order valence-corrected chi connectivity index (χ1v) is 9.91. The number of nitrogens with one attached hydrogen (secondary N) is 2. The van der Waals surface area contributed by atoms with E-state index in [4.69, 9.17) is 26.3 Å². The lowest BCUT2D eigenvalue weighted by Gasteiger charge is -2.10. The third-order valence-corrected chi connectivity index (χ3v) is 5.04. The minimum atomic E-state index is 0. The van der Waals surface area contributed by atoms with Crippen LogP contribution in [0.2, 0.25) is 5.02 Å². The van der Waals surface area contributed by atoms with Crippen LogP contribution in [-0.2, 0) is 0 Å². The van der Waals surface area contributed by atoms with Crippen LogP contribution in [0.1, 0.15) is 0 Å². The van der Waals surface area contributed by atoms with Gasteiger partial charge in [-0.1, -0.05) is 23.7 Å². The second kappa shape index (κ2) is 10.5. The topological polar surface area (TPSA) is 88.6 Å². The number of pyridine rings is 1. The number of ether oxygens (including phenoxy) is 1. The fourth-order valence-electron chi connectivity index (χ4n) is 3.23. The lowest BCUT2D eigenvalue weighted by molar-refractivity contribution is 0.415. The lowest BCUT2D eigenvalue weighted by Crippen LogP contribution is -2.01. The summed E-state index contributed by atoms with van der Waals surface area (Å²) < 4.78 is 5.39. The predicted octanol–water partition coefficient (Wildman–Crippen LogP) is 6.33. The molecule has 33 heavy (non-hydrogen) atoms. The molecule has 2 aromatic carbocycles. The van der Waals surface area contributed by atoms with Gasteiger partial charge in [-0.2, -0.15) is 0 Å². The summed E-state index contributed by atoms with van der Waals surface area (Å²) in [5.41, 5.74) is 3.45. The molecule has 10 heteroatoms. The zero-order valence-corrected chi connectivity index (χ0v) is 19.7. The maximum Gasteiger partial charge on any atom is 0.206 e. The van der Waals surface area contributed by atoms with Crippen LogP contribution in [0, 0.1) is 0 Å². The predicted molar refractivity (Wildman–Crippen MR) is 136 cm³/mol. The molecule has 3 heterocycles. The molecule has 0 saturated heterocycles. The van der Waals surface area contributed by atoms with Crippen molar-refractivity contribution in [1.29, 1.82) is 0 Å². The molecule has 0 aliphatic heterocycles. The molecule has 0 saturated carbocycles. The zero-order valence-electron chi connectivity index (χ0n) is 17.3. The van der Waals surface area contributed by atoms with Crippen LogP contribution in [0.25, 0.3) is 33.5 Å². The van der Waals surface area contributed by atoms with Crippen LogP contribution in [0.3, 0.4) is 0 Å². The highest BCUT2D eigenvalue weighted by atomic mass is 35.5. The maximum absolute atomic E-state index is 5.99. The second-order valence-corrected chi connectivity index (χ2v) is 7.23. The van der Waals surface area contributed by atoms with Gasteiger partial charge in [0.05, 0.1) is 24.5 Å². The average molecular weight is 502 g/mol. The fourth-order valence-corrected chi connectivity index (χ4v) is 3.35. The highest BCUT2D eigenvalue weighted by molar-refractivity contribution is 6.30. The minimum absolute atomic E-state index is 0. The Hall–Kier alpha value is -3.39. The summed E-state index contributed by atoms with van der Waals surface area (Å²) in [6, 6.07) is 17.0. The highest BCUT2D eigenvalue weighted by Gasteiger charge is 2.13. The number of aromatic amines is 1. The van der Waals surface area contributed by atoms with Gasteiger partial charge in [0.25, 0.3) is 0 Å². The molecular weight excluding hydrogens is 483 g/mol. The van der Waals surface area contributed by atoms with Gasteiger partial charge in [-0.25, -0.2) is 15.0 Å². The van der Waals surface area contributed by atoms with E-state index in [1.54, 1.807) is 25.7 Å². The van der Waals surface area contributed by atoms with Crippen molar-refractivity contribution >= 4 is 59.1 Å². The van der Waals surface area contributed by atoms with E-state index in [2.05, 4.69) is 20.3 Å². The molecule has 168 valence electrons. The van der Waals surface area contributed by atoms with E-state index < -0.39 is 0 Å². The number of anilines is 2. The fraction of sp³-hybridized carbons (Fsp3) is 0.0435. The molecule has 0 bridgehead atoms. The molecule has 0 atom stereocenters. The Morgan fingerprint density at radius 2 is 1.76 bits per heavy atom. The number of rotatable bonds is 5.